The van der Waals surface area contributed by atoms with Gasteiger partial charge in [-0.1, -0.05) is 39.5 Å². The predicted molar refractivity (Wildman–Crippen MR) is 61.7 cm³/mol. The Kier molecular flexibility index (Phi) is 5.30. The first kappa shape index (κ1) is 12.7. The number of carbonyl (C=O) groups is 1. The second-order valence-electron chi connectivity index (χ2n) is 4.84. The summed E-state index contributed by atoms with van der Waals surface area (Å²) in [7, 11) is 0. The standard InChI is InChI=1S/C13H24O2/c1-3-6-12(14)13(15)11-8-5-7-10(4-2)9-11/h10-12,14H,3-9H2,1-2H3. The first-order valence-electron chi connectivity index (χ1n) is 6.40. The third-order valence-corrected chi connectivity index (χ3v) is 3.65. The van der Waals surface area contributed by atoms with Gasteiger partial charge in [-0.3, -0.25) is 4.79 Å². The van der Waals surface area contributed by atoms with Crippen LogP contribution in [0.3, 0.4) is 0 Å². The Hall–Kier alpha value is -0.370. The molecule has 2 heteroatoms. The molecule has 0 radical (unpaired) electrons. The number of rotatable bonds is 5. The van der Waals surface area contributed by atoms with Crippen molar-refractivity contribution in [3.8, 4) is 0 Å². The molecular formula is C13H24O2. The van der Waals surface area contributed by atoms with Crippen LogP contribution in [0.2, 0.25) is 0 Å². The molecule has 1 saturated carbocycles. The third-order valence-electron chi connectivity index (χ3n) is 3.65. The van der Waals surface area contributed by atoms with Gasteiger partial charge in [0.2, 0.25) is 0 Å². The summed E-state index contributed by atoms with van der Waals surface area (Å²) < 4.78 is 0. The lowest BCUT2D eigenvalue weighted by atomic mass is 9.77. The number of aliphatic hydroxyl groups excluding tert-OH is 1. The monoisotopic (exact) mass is 212 g/mol. The van der Waals surface area contributed by atoms with E-state index in [1.54, 1.807) is 0 Å². The van der Waals surface area contributed by atoms with E-state index in [1.165, 1.54) is 12.8 Å². The minimum atomic E-state index is -0.699. The van der Waals surface area contributed by atoms with Crippen LogP contribution in [0.5, 0.6) is 0 Å². The fraction of sp³-hybridized carbons (Fsp3) is 0.923. The molecule has 0 saturated heterocycles. The summed E-state index contributed by atoms with van der Waals surface area (Å²) in [6.45, 7) is 4.20. The fourth-order valence-electron chi connectivity index (χ4n) is 2.61. The summed E-state index contributed by atoms with van der Waals surface area (Å²) in [6, 6.07) is 0. The molecule has 0 bridgehead atoms. The van der Waals surface area contributed by atoms with Crippen LogP contribution in [0.15, 0.2) is 0 Å². The van der Waals surface area contributed by atoms with Gasteiger partial charge in [0.25, 0.3) is 0 Å². The minimum absolute atomic E-state index is 0.106. The van der Waals surface area contributed by atoms with Crippen molar-refractivity contribution in [1.29, 1.82) is 0 Å². The van der Waals surface area contributed by atoms with E-state index < -0.39 is 6.10 Å². The summed E-state index contributed by atoms with van der Waals surface area (Å²) in [5.74, 6) is 0.960. The highest BCUT2D eigenvalue weighted by atomic mass is 16.3. The van der Waals surface area contributed by atoms with Crippen LogP contribution in [0.1, 0.15) is 58.8 Å². The molecule has 0 aliphatic heterocycles. The SMILES string of the molecule is CCCC(O)C(=O)C1CCCC(CC)C1. The summed E-state index contributed by atoms with van der Waals surface area (Å²) >= 11 is 0. The molecule has 1 N–H and O–H groups in total. The van der Waals surface area contributed by atoms with Crippen molar-refractivity contribution >= 4 is 5.78 Å². The lowest BCUT2D eigenvalue weighted by Gasteiger charge is -2.28. The number of hydrogen-bond acceptors (Lipinski definition) is 2. The van der Waals surface area contributed by atoms with Gasteiger partial charge in [-0.15, -0.1) is 0 Å². The van der Waals surface area contributed by atoms with Crippen molar-refractivity contribution in [3.63, 3.8) is 0 Å². The Morgan fingerprint density at radius 3 is 2.73 bits per heavy atom. The van der Waals surface area contributed by atoms with E-state index >= 15 is 0 Å². The summed E-state index contributed by atoms with van der Waals surface area (Å²) in [6.07, 6.45) is 6.43. The normalized spacial score (nSPS) is 28.7. The zero-order chi connectivity index (χ0) is 11.3. The Bertz CT molecular complexity index is 201. The van der Waals surface area contributed by atoms with Crippen LogP contribution in [0, 0.1) is 11.8 Å². The molecule has 88 valence electrons. The summed E-state index contributed by atoms with van der Waals surface area (Å²) in [4.78, 5) is 11.9. The first-order chi connectivity index (χ1) is 7.19. The van der Waals surface area contributed by atoms with Crippen molar-refractivity contribution in [2.45, 2.75) is 64.9 Å². The van der Waals surface area contributed by atoms with E-state index in [4.69, 9.17) is 0 Å². The molecule has 0 aromatic carbocycles. The van der Waals surface area contributed by atoms with Crippen molar-refractivity contribution in [2.75, 3.05) is 0 Å². The Labute approximate surface area is 93.1 Å². The molecule has 2 nitrogen and oxygen atoms in total. The van der Waals surface area contributed by atoms with E-state index in [1.807, 2.05) is 6.92 Å². The maximum Gasteiger partial charge on any atom is 0.164 e. The average molecular weight is 212 g/mol. The molecule has 0 amide bonds. The zero-order valence-corrected chi connectivity index (χ0v) is 10.0. The van der Waals surface area contributed by atoms with Crippen LogP contribution in [0.25, 0.3) is 0 Å². The van der Waals surface area contributed by atoms with Gasteiger partial charge in [-0.25, -0.2) is 0 Å². The van der Waals surface area contributed by atoms with E-state index in [0.717, 1.165) is 25.7 Å². The lowest BCUT2D eigenvalue weighted by molar-refractivity contribution is -0.133. The first-order valence-corrected chi connectivity index (χ1v) is 6.40. The van der Waals surface area contributed by atoms with E-state index in [9.17, 15) is 9.90 Å². The minimum Gasteiger partial charge on any atom is -0.385 e. The topological polar surface area (TPSA) is 37.3 Å². The van der Waals surface area contributed by atoms with Gasteiger partial charge < -0.3 is 5.11 Å². The molecule has 1 aliphatic rings. The van der Waals surface area contributed by atoms with Gasteiger partial charge in [-0.05, 0) is 25.2 Å². The Morgan fingerprint density at radius 2 is 2.13 bits per heavy atom. The number of ketones is 1. The smallest absolute Gasteiger partial charge is 0.164 e. The molecule has 15 heavy (non-hydrogen) atoms. The highest BCUT2D eigenvalue weighted by Crippen LogP contribution is 2.32. The van der Waals surface area contributed by atoms with Gasteiger partial charge >= 0.3 is 0 Å². The molecule has 0 heterocycles. The molecule has 0 aromatic rings. The van der Waals surface area contributed by atoms with E-state index in [-0.39, 0.29) is 11.7 Å². The number of Topliss-reactive ketones (excluding diaryl/α,β-unsaturated/α-hetero) is 1. The van der Waals surface area contributed by atoms with Crippen LogP contribution in [0.4, 0.5) is 0 Å². The quantitative estimate of drug-likeness (QED) is 0.760. The second-order valence-corrected chi connectivity index (χ2v) is 4.84. The maximum absolute atomic E-state index is 11.9. The third kappa shape index (κ3) is 3.60. The van der Waals surface area contributed by atoms with Gasteiger partial charge in [0.15, 0.2) is 5.78 Å². The molecule has 0 aromatic heterocycles. The summed E-state index contributed by atoms with van der Waals surface area (Å²) in [5, 5.41) is 9.68. The Morgan fingerprint density at radius 1 is 1.40 bits per heavy atom. The number of carbonyl (C=O) groups excluding carboxylic acids is 1. The van der Waals surface area contributed by atoms with Crippen molar-refractivity contribution < 1.29 is 9.90 Å². The van der Waals surface area contributed by atoms with Gasteiger partial charge in [0.1, 0.15) is 6.10 Å². The number of hydrogen-bond donors (Lipinski definition) is 1. The van der Waals surface area contributed by atoms with Crippen molar-refractivity contribution in [3.05, 3.63) is 0 Å². The van der Waals surface area contributed by atoms with Gasteiger partial charge in [0, 0.05) is 5.92 Å². The molecule has 1 aliphatic carbocycles. The van der Waals surface area contributed by atoms with Crippen LogP contribution < -0.4 is 0 Å². The summed E-state index contributed by atoms with van der Waals surface area (Å²) in [5.41, 5.74) is 0. The van der Waals surface area contributed by atoms with E-state index in [2.05, 4.69) is 6.92 Å². The largest absolute Gasteiger partial charge is 0.385 e. The van der Waals surface area contributed by atoms with Crippen molar-refractivity contribution in [2.24, 2.45) is 11.8 Å². The van der Waals surface area contributed by atoms with Crippen molar-refractivity contribution in [1.82, 2.24) is 0 Å². The fourth-order valence-corrected chi connectivity index (χ4v) is 2.61. The number of aliphatic hydroxyl groups is 1. The highest BCUT2D eigenvalue weighted by molar-refractivity contribution is 5.85. The average Bonchev–Trinajstić information content (AvgIpc) is 2.28. The molecule has 1 fully saturated rings. The molecule has 3 atom stereocenters. The van der Waals surface area contributed by atoms with Gasteiger partial charge in [-0.2, -0.15) is 0 Å². The van der Waals surface area contributed by atoms with Crippen LogP contribution in [-0.2, 0) is 4.79 Å². The molecular weight excluding hydrogens is 188 g/mol. The molecule has 0 spiro atoms. The molecule has 3 unspecified atom stereocenters. The van der Waals surface area contributed by atoms with Crippen LogP contribution in [-0.4, -0.2) is 17.0 Å². The maximum atomic E-state index is 11.9. The molecule has 1 rings (SSSR count). The van der Waals surface area contributed by atoms with Crippen LogP contribution >= 0.6 is 0 Å². The second kappa shape index (κ2) is 6.26. The highest BCUT2D eigenvalue weighted by Gasteiger charge is 2.29. The Balaban J connectivity index is 2.44. The zero-order valence-electron chi connectivity index (χ0n) is 10.0. The van der Waals surface area contributed by atoms with Gasteiger partial charge in [0.05, 0.1) is 0 Å². The van der Waals surface area contributed by atoms with E-state index in [0.29, 0.717) is 12.3 Å². The lowest BCUT2D eigenvalue weighted by Crippen LogP contribution is -2.31. The predicted octanol–water partition coefficient (Wildman–Crippen LogP) is 2.93.